The van der Waals surface area contributed by atoms with Crippen molar-refractivity contribution >= 4 is 0 Å². The number of nitrogens with two attached hydrogens (primary N) is 1. The first-order valence-electron chi connectivity index (χ1n) is 5.87. The highest BCUT2D eigenvalue weighted by molar-refractivity contribution is 5.21. The van der Waals surface area contributed by atoms with Gasteiger partial charge in [0, 0.05) is 18.5 Å². The van der Waals surface area contributed by atoms with E-state index in [1.807, 2.05) is 0 Å². The van der Waals surface area contributed by atoms with Crippen LogP contribution in [0, 0.1) is 11.6 Å². The Labute approximate surface area is 98.8 Å². The van der Waals surface area contributed by atoms with E-state index in [9.17, 15) is 13.2 Å². The number of alkyl halides is 1. The standard InChI is InChI=1S/C13H16F3N/c14-10-2-1-9(12(15)7-10)8-13(16)5-3-11(17)4-6-13/h1-2,7,11H,3-6,8,17H2. The van der Waals surface area contributed by atoms with Crippen LogP contribution >= 0.6 is 0 Å². The Morgan fingerprint density at radius 2 is 1.88 bits per heavy atom. The van der Waals surface area contributed by atoms with Crippen molar-refractivity contribution in [3.8, 4) is 0 Å². The van der Waals surface area contributed by atoms with E-state index in [1.54, 1.807) is 0 Å². The Hall–Kier alpha value is -1.03. The van der Waals surface area contributed by atoms with Gasteiger partial charge in [0.15, 0.2) is 0 Å². The van der Waals surface area contributed by atoms with E-state index >= 15 is 0 Å². The molecule has 0 saturated heterocycles. The zero-order chi connectivity index (χ0) is 12.5. The van der Waals surface area contributed by atoms with Gasteiger partial charge in [0.1, 0.15) is 17.3 Å². The summed E-state index contributed by atoms with van der Waals surface area (Å²) in [7, 11) is 0. The fourth-order valence-electron chi connectivity index (χ4n) is 2.34. The van der Waals surface area contributed by atoms with Gasteiger partial charge in [-0.3, -0.25) is 0 Å². The summed E-state index contributed by atoms with van der Waals surface area (Å²) < 4.78 is 40.5. The summed E-state index contributed by atoms with van der Waals surface area (Å²) in [6.45, 7) is 0. The lowest BCUT2D eigenvalue weighted by Crippen LogP contribution is -2.37. The van der Waals surface area contributed by atoms with Crippen LogP contribution in [0.2, 0.25) is 0 Å². The van der Waals surface area contributed by atoms with Crippen molar-refractivity contribution in [3.05, 3.63) is 35.4 Å². The highest BCUT2D eigenvalue weighted by atomic mass is 19.1. The molecule has 0 aliphatic heterocycles. The van der Waals surface area contributed by atoms with Crippen molar-refractivity contribution in [1.29, 1.82) is 0 Å². The van der Waals surface area contributed by atoms with E-state index < -0.39 is 17.3 Å². The van der Waals surface area contributed by atoms with Gasteiger partial charge in [-0.15, -0.1) is 0 Å². The predicted octanol–water partition coefficient (Wildman–Crippen LogP) is 3.12. The zero-order valence-corrected chi connectivity index (χ0v) is 9.56. The minimum atomic E-state index is -1.39. The van der Waals surface area contributed by atoms with Crippen LogP contribution in [0.1, 0.15) is 31.2 Å². The third-order valence-electron chi connectivity index (χ3n) is 3.45. The quantitative estimate of drug-likeness (QED) is 0.848. The fraction of sp³-hybridized carbons (Fsp3) is 0.538. The maximum absolute atomic E-state index is 14.4. The maximum Gasteiger partial charge on any atom is 0.129 e. The number of rotatable bonds is 2. The van der Waals surface area contributed by atoms with Gasteiger partial charge >= 0.3 is 0 Å². The topological polar surface area (TPSA) is 26.0 Å². The van der Waals surface area contributed by atoms with Crippen molar-refractivity contribution in [3.63, 3.8) is 0 Å². The molecule has 0 unspecified atom stereocenters. The first kappa shape index (κ1) is 12.4. The second kappa shape index (κ2) is 4.69. The Morgan fingerprint density at radius 3 is 2.47 bits per heavy atom. The molecule has 1 aliphatic carbocycles. The Bertz CT molecular complexity index is 398. The van der Waals surface area contributed by atoms with Gasteiger partial charge in [-0.2, -0.15) is 0 Å². The van der Waals surface area contributed by atoms with E-state index in [2.05, 4.69) is 0 Å². The summed E-state index contributed by atoms with van der Waals surface area (Å²) in [4.78, 5) is 0. The third kappa shape index (κ3) is 3.00. The van der Waals surface area contributed by atoms with Gasteiger partial charge in [0.05, 0.1) is 0 Å². The highest BCUT2D eigenvalue weighted by Gasteiger charge is 2.35. The molecule has 0 bridgehead atoms. The van der Waals surface area contributed by atoms with E-state index in [0.29, 0.717) is 25.7 Å². The van der Waals surface area contributed by atoms with E-state index in [1.165, 1.54) is 6.07 Å². The molecular formula is C13H16F3N. The molecule has 1 saturated carbocycles. The first-order valence-corrected chi connectivity index (χ1v) is 5.87. The van der Waals surface area contributed by atoms with Crippen LogP contribution in [0.4, 0.5) is 13.2 Å². The largest absolute Gasteiger partial charge is 0.328 e. The molecule has 2 rings (SSSR count). The lowest BCUT2D eigenvalue weighted by atomic mass is 9.80. The minimum Gasteiger partial charge on any atom is -0.328 e. The van der Waals surface area contributed by atoms with Crippen LogP contribution in [0.25, 0.3) is 0 Å². The van der Waals surface area contributed by atoms with E-state index in [-0.39, 0.29) is 18.0 Å². The van der Waals surface area contributed by atoms with Gasteiger partial charge in [-0.1, -0.05) is 6.07 Å². The Kier molecular flexibility index (Phi) is 3.43. The number of halogens is 3. The molecule has 0 heterocycles. The average Bonchev–Trinajstić information content (AvgIpc) is 2.27. The van der Waals surface area contributed by atoms with Gasteiger partial charge in [0.25, 0.3) is 0 Å². The molecule has 17 heavy (non-hydrogen) atoms. The highest BCUT2D eigenvalue weighted by Crippen LogP contribution is 2.34. The van der Waals surface area contributed by atoms with E-state index in [4.69, 9.17) is 5.73 Å². The van der Waals surface area contributed by atoms with Crippen molar-refractivity contribution in [1.82, 2.24) is 0 Å². The molecular weight excluding hydrogens is 227 g/mol. The van der Waals surface area contributed by atoms with Crippen molar-refractivity contribution in [2.45, 2.75) is 43.8 Å². The molecule has 1 fully saturated rings. The lowest BCUT2D eigenvalue weighted by Gasteiger charge is -2.32. The molecule has 0 radical (unpaired) electrons. The fourth-order valence-corrected chi connectivity index (χ4v) is 2.34. The normalized spacial score (nSPS) is 29.3. The van der Waals surface area contributed by atoms with Crippen LogP contribution in [-0.2, 0) is 6.42 Å². The molecule has 2 N–H and O–H groups in total. The predicted molar refractivity (Wildman–Crippen MR) is 60.3 cm³/mol. The molecule has 0 aromatic heterocycles. The van der Waals surface area contributed by atoms with Crippen molar-refractivity contribution < 1.29 is 13.2 Å². The van der Waals surface area contributed by atoms with Crippen LogP contribution in [0.5, 0.6) is 0 Å². The number of benzene rings is 1. The van der Waals surface area contributed by atoms with Gasteiger partial charge in [-0.25, -0.2) is 13.2 Å². The lowest BCUT2D eigenvalue weighted by molar-refractivity contribution is 0.0984. The molecule has 1 aliphatic rings. The molecule has 1 nitrogen and oxygen atoms in total. The Balaban J connectivity index is 2.09. The minimum absolute atomic E-state index is 0.00579. The van der Waals surface area contributed by atoms with Gasteiger partial charge in [-0.05, 0) is 37.3 Å². The summed E-state index contributed by atoms with van der Waals surface area (Å²) in [6.07, 6.45) is 1.96. The summed E-state index contributed by atoms with van der Waals surface area (Å²) in [6, 6.07) is 3.33. The second-order valence-electron chi connectivity index (χ2n) is 4.90. The van der Waals surface area contributed by atoms with Crippen LogP contribution in [-0.4, -0.2) is 11.7 Å². The molecule has 4 heteroatoms. The average molecular weight is 243 g/mol. The monoisotopic (exact) mass is 243 g/mol. The van der Waals surface area contributed by atoms with Crippen LogP contribution in [0.3, 0.4) is 0 Å². The van der Waals surface area contributed by atoms with Crippen LogP contribution < -0.4 is 5.73 Å². The summed E-state index contributed by atoms with van der Waals surface area (Å²) in [5.41, 5.74) is 4.55. The molecule has 0 amide bonds. The molecule has 0 atom stereocenters. The summed E-state index contributed by atoms with van der Waals surface area (Å²) >= 11 is 0. The summed E-state index contributed by atoms with van der Waals surface area (Å²) in [5, 5.41) is 0. The van der Waals surface area contributed by atoms with Gasteiger partial charge < -0.3 is 5.73 Å². The molecule has 1 aromatic rings. The molecule has 0 spiro atoms. The first-order chi connectivity index (χ1) is 7.98. The van der Waals surface area contributed by atoms with Crippen molar-refractivity contribution in [2.24, 2.45) is 5.73 Å². The van der Waals surface area contributed by atoms with Crippen molar-refractivity contribution in [2.75, 3.05) is 0 Å². The molecule has 1 aromatic carbocycles. The smallest absolute Gasteiger partial charge is 0.129 e. The third-order valence-corrected chi connectivity index (χ3v) is 3.45. The second-order valence-corrected chi connectivity index (χ2v) is 4.90. The zero-order valence-electron chi connectivity index (χ0n) is 9.56. The summed E-state index contributed by atoms with van der Waals surface area (Å²) in [5.74, 6) is -1.30. The SMILES string of the molecule is NC1CCC(F)(Cc2ccc(F)cc2F)CC1. The number of hydrogen-bond acceptors (Lipinski definition) is 1. The van der Waals surface area contributed by atoms with Gasteiger partial charge in [0.2, 0.25) is 0 Å². The van der Waals surface area contributed by atoms with E-state index in [0.717, 1.165) is 12.1 Å². The Morgan fingerprint density at radius 1 is 1.24 bits per heavy atom. The maximum atomic E-state index is 14.4. The molecule has 94 valence electrons. The van der Waals surface area contributed by atoms with Crippen LogP contribution in [0.15, 0.2) is 18.2 Å². The number of hydrogen-bond donors (Lipinski definition) is 1.